The second-order valence-electron chi connectivity index (χ2n) is 5.92. The molecule has 3 atom stereocenters. The molecule has 1 aliphatic carbocycles. The van der Waals surface area contributed by atoms with Crippen molar-refractivity contribution in [3.63, 3.8) is 0 Å². The number of aromatic nitrogens is 2. The third-order valence-electron chi connectivity index (χ3n) is 4.57. The summed E-state index contributed by atoms with van der Waals surface area (Å²) in [5.74, 6) is 2.78. The van der Waals surface area contributed by atoms with Gasteiger partial charge in [-0.25, -0.2) is 4.98 Å². The molecule has 20 heavy (non-hydrogen) atoms. The third kappa shape index (κ3) is 2.81. The molecule has 0 aliphatic heterocycles. The monoisotopic (exact) mass is 289 g/mol. The highest BCUT2D eigenvalue weighted by atomic mass is 32.1. The molecule has 3 rings (SSSR count). The van der Waals surface area contributed by atoms with E-state index in [9.17, 15) is 0 Å². The number of imidazole rings is 1. The van der Waals surface area contributed by atoms with Crippen LogP contribution in [0.15, 0.2) is 29.9 Å². The summed E-state index contributed by atoms with van der Waals surface area (Å²) in [5, 5.41) is 5.91. The number of aryl methyl sites for hydroxylation is 1. The van der Waals surface area contributed by atoms with Crippen molar-refractivity contribution in [2.24, 2.45) is 18.9 Å². The van der Waals surface area contributed by atoms with Crippen LogP contribution in [0.3, 0.4) is 0 Å². The van der Waals surface area contributed by atoms with E-state index in [1.165, 1.54) is 24.1 Å². The summed E-state index contributed by atoms with van der Waals surface area (Å²) in [6, 6.07) is 4.55. The SMILES string of the molecule is CC1CCCC1CNC(c1cccs1)c1nccn1C. The van der Waals surface area contributed by atoms with Gasteiger partial charge in [0.2, 0.25) is 0 Å². The number of nitrogens with one attached hydrogen (secondary N) is 1. The van der Waals surface area contributed by atoms with Crippen LogP contribution in [-0.2, 0) is 7.05 Å². The molecule has 0 radical (unpaired) electrons. The smallest absolute Gasteiger partial charge is 0.131 e. The van der Waals surface area contributed by atoms with Crippen LogP contribution in [0.5, 0.6) is 0 Å². The van der Waals surface area contributed by atoms with E-state index in [1.54, 1.807) is 11.3 Å². The van der Waals surface area contributed by atoms with Crippen molar-refractivity contribution in [2.75, 3.05) is 6.54 Å². The Morgan fingerprint density at radius 2 is 2.40 bits per heavy atom. The topological polar surface area (TPSA) is 29.9 Å². The molecular weight excluding hydrogens is 266 g/mol. The van der Waals surface area contributed by atoms with E-state index >= 15 is 0 Å². The molecule has 3 unspecified atom stereocenters. The first-order chi connectivity index (χ1) is 9.75. The van der Waals surface area contributed by atoms with Crippen molar-refractivity contribution in [3.8, 4) is 0 Å². The Kier molecular flexibility index (Phi) is 4.22. The third-order valence-corrected chi connectivity index (χ3v) is 5.50. The summed E-state index contributed by atoms with van der Waals surface area (Å²) in [6.07, 6.45) is 8.05. The first kappa shape index (κ1) is 13.8. The Hall–Kier alpha value is -1.13. The van der Waals surface area contributed by atoms with E-state index in [0.29, 0.717) is 0 Å². The molecular formula is C16H23N3S. The Bertz CT molecular complexity index is 532. The quantitative estimate of drug-likeness (QED) is 0.911. The summed E-state index contributed by atoms with van der Waals surface area (Å²) >= 11 is 1.81. The van der Waals surface area contributed by atoms with Crippen molar-refractivity contribution < 1.29 is 0 Å². The molecule has 1 aliphatic rings. The van der Waals surface area contributed by atoms with Crippen molar-refractivity contribution in [1.29, 1.82) is 0 Å². The molecule has 2 heterocycles. The Morgan fingerprint density at radius 1 is 1.50 bits per heavy atom. The normalized spacial score (nSPS) is 24.1. The predicted molar refractivity (Wildman–Crippen MR) is 83.9 cm³/mol. The lowest BCUT2D eigenvalue weighted by molar-refractivity contribution is 0.376. The van der Waals surface area contributed by atoms with Gasteiger partial charge in [-0.1, -0.05) is 25.8 Å². The Morgan fingerprint density at radius 3 is 3.00 bits per heavy atom. The average molecular weight is 289 g/mol. The fraction of sp³-hybridized carbons (Fsp3) is 0.562. The van der Waals surface area contributed by atoms with Crippen molar-refractivity contribution in [2.45, 2.75) is 32.2 Å². The zero-order valence-electron chi connectivity index (χ0n) is 12.2. The fourth-order valence-electron chi connectivity index (χ4n) is 3.22. The summed E-state index contributed by atoms with van der Waals surface area (Å²) in [5.41, 5.74) is 0. The highest BCUT2D eigenvalue weighted by Gasteiger charge is 2.26. The van der Waals surface area contributed by atoms with Gasteiger partial charge in [-0.3, -0.25) is 0 Å². The number of hydrogen-bond donors (Lipinski definition) is 1. The molecule has 0 spiro atoms. The van der Waals surface area contributed by atoms with Crippen LogP contribution in [0.4, 0.5) is 0 Å². The molecule has 0 bridgehead atoms. The van der Waals surface area contributed by atoms with Crippen molar-refractivity contribution >= 4 is 11.3 Å². The number of thiophene rings is 1. The maximum absolute atomic E-state index is 4.54. The Labute approximate surface area is 125 Å². The summed E-state index contributed by atoms with van der Waals surface area (Å²) < 4.78 is 2.12. The van der Waals surface area contributed by atoms with Crippen LogP contribution >= 0.6 is 11.3 Å². The van der Waals surface area contributed by atoms with E-state index < -0.39 is 0 Å². The van der Waals surface area contributed by atoms with E-state index in [-0.39, 0.29) is 6.04 Å². The standard InChI is InChI=1S/C16H23N3S/c1-12-5-3-6-13(12)11-18-15(14-7-4-10-20-14)16-17-8-9-19(16)2/h4,7-10,12-13,15,18H,3,5-6,11H2,1-2H3. The molecule has 3 nitrogen and oxygen atoms in total. The second kappa shape index (κ2) is 6.10. The van der Waals surface area contributed by atoms with Gasteiger partial charge in [-0.15, -0.1) is 11.3 Å². The lowest BCUT2D eigenvalue weighted by Gasteiger charge is -2.22. The average Bonchev–Trinajstić information content (AvgIpc) is 3.15. The maximum Gasteiger partial charge on any atom is 0.131 e. The van der Waals surface area contributed by atoms with Gasteiger partial charge >= 0.3 is 0 Å². The largest absolute Gasteiger partial charge is 0.336 e. The molecule has 0 aromatic carbocycles. The molecule has 1 saturated carbocycles. The van der Waals surface area contributed by atoms with Crippen molar-refractivity contribution in [1.82, 2.24) is 14.9 Å². The maximum atomic E-state index is 4.54. The van der Waals surface area contributed by atoms with Crippen LogP contribution in [0.2, 0.25) is 0 Å². The summed E-state index contributed by atoms with van der Waals surface area (Å²) in [7, 11) is 2.07. The first-order valence-corrected chi connectivity index (χ1v) is 8.37. The number of rotatable bonds is 5. The first-order valence-electron chi connectivity index (χ1n) is 7.49. The molecule has 1 fully saturated rings. The number of nitrogens with zero attached hydrogens (tertiary/aromatic N) is 2. The molecule has 4 heteroatoms. The van der Waals surface area contributed by atoms with Crippen LogP contribution in [0, 0.1) is 11.8 Å². The molecule has 1 N–H and O–H groups in total. The van der Waals surface area contributed by atoms with Gasteiger partial charge in [-0.05, 0) is 36.2 Å². The molecule has 2 aromatic rings. The molecule has 108 valence electrons. The van der Waals surface area contributed by atoms with Gasteiger partial charge in [0.25, 0.3) is 0 Å². The van der Waals surface area contributed by atoms with Crippen LogP contribution in [0.25, 0.3) is 0 Å². The predicted octanol–water partition coefficient (Wildman–Crippen LogP) is 3.60. The fourth-order valence-corrected chi connectivity index (χ4v) is 4.02. The lowest BCUT2D eigenvalue weighted by Crippen LogP contribution is -2.30. The summed E-state index contributed by atoms with van der Waals surface area (Å²) in [4.78, 5) is 5.90. The van der Waals surface area contributed by atoms with Gasteiger partial charge in [0, 0.05) is 24.3 Å². The molecule has 0 saturated heterocycles. The van der Waals surface area contributed by atoms with Crippen LogP contribution in [0.1, 0.15) is 42.9 Å². The highest BCUT2D eigenvalue weighted by molar-refractivity contribution is 7.10. The Balaban J connectivity index is 1.75. The number of hydrogen-bond acceptors (Lipinski definition) is 3. The van der Waals surface area contributed by atoms with E-state index in [2.05, 4.69) is 46.4 Å². The summed E-state index contributed by atoms with van der Waals surface area (Å²) in [6.45, 7) is 3.48. The van der Waals surface area contributed by atoms with Gasteiger partial charge in [0.05, 0.1) is 0 Å². The molecule has 0 amide bonds. The van der Waals surface area contributed by atoms with E-state index in [1.807, 2.05) is 12.4 Å². The zero-order valence-corrected chi connectivity index (χ0v) is 13.1. The van der Waals surface area contributed by atoms with Gasteiger partial charge in [0.1, 0.15) is 11.9 Å². The van der Waals surface area contributed by atoms with Gasteiger partial charge < -0.3 is 9.88 Å². The second-order valence-corrected chi connectivity index (χ2v) is 6.90. The van der Waals surface area contributed by atoms with E-state index in [0.717, 1.165) is 24.2 Å². The molecule has 2 aromatic heterocycles. The van der Waals surface area contributed by atoms with Crippen molar-refractivity contribution in [3.05, 3.63) is 40.6 Å². The van der Waals surface area contributed by atoms with Crippen LogP contribution < -0.4 is 5.32 Å². The van der Waals surface area contributed by atoms with Crippen LogP contribution in [-0.4, -0.2) is 16.1 Å². The zero-order chi connectivity index (χ0) is 13.9. The minimum Gasteiger partial charge on any atom is -0.336 e. The van der Waals surface area contributed by atoms with Gasteiger partial charge in [0.15, 0.2) is 0 Å². The van der Waals surface area contributed by atoms with Gasteiger partial charge in [-0.2, -0.15) is 0 Å². The minimum atomic E-state index is 0.225. The highest BCUT2D eigenvalue weighted by Crippen LogP contribution is 2.32. The lowest BCUT2D eigenvalue weighted by atomic mass is 9.98. The minimum absolute atomic E-state index is 0.225. The van der Waals surface area contributed by atoms with E-state index in [4.69, 9.17) is 0 Å².